The van der Waals surface area contributed by atoms with Crippen molar-refractivity contribution in [2.45, 2.75) is 39.8 Å². The van der Waals surface area contributed by atoms with Gasteiger partial charge in [-0.3, -0.25) is 0 Å². The highest BCUT2D eigenvalue weighted by Crippen LogP contribution is 2.21. The zero-order valence-corrected chi connectivity index (χ0v) is 15.7. The summed E-state index contributed by atoms with van der Waals surface area (Å²) < 4.78 is 1.81. The molecule has 0 aliphatic carbocycles. The number of hydrogen-bond donors (Lipinski definition) is 2. The molecule has 2 N–H and O–H groups in total. The van der Waals surface area contributed by atoms with E-state index in [1.807, 2.05) is 48.9 Å². The normalized spacial score (nSPS) is 11.8. The molecule has 0 unspecified atom stereocenters. The van der Waals surface area contributed by atoms with E-state index in [0.717, 1.165) is 30.0 Å². The zero-order chi connectivity index (χ0) is 19.2. The molecular weight excluding hydrogens is 342 g/mol. The number of anilines is 1. The quantitative estimate of drug-likeness (QED) is 0.698. The maximum Gasteiger partial charge on any atom is 0.319 e. The van der Waals surface area contributed by atoms with Crippen molar-refractivity contribution in [3.8, 4) is 11.3 Å². The molecule has 27 heavy (non-hydrogen) atoms. The van der Waals surface area contributed by atoms with Crippen molar-refractivity contribution in [1.29, 1.82) is 0 Å². The summed E-state index contributed by atoms with van der Waals surface area (Å²) in [5.41, 5.74) is 2.41. The summed E-state index contributed by atoms with van der Waals surface area (Å²) in [6, 6.07) is 8.82. The van der Waals surface area contributed by atoms with Crippen LogP contribution in [0, 0.1) is 6.92 Å². The fourth-order valence-electron chi connectivity index (χ4n) is 2.79. The van der Waals surface area contributed by atoms with E-state index in [-0.39, 0.29) is 12.1 Å². The van der Waals surface area contributed by atoms with Gasteiger partial charge in [-0.25, -0.2) is 24.4 Å². The van der Waals surface area contributed by atoms with Crippen LogP contribution in [0.1, 0.15) is 38.0 Å². The van der Waals surface area contributed by atoms with Crippen molar-refractivity contribution < 1.29 is 4.79 Å². The fraction of sp³-hybridized carbons (Fsp3) is 0.316. The lowest BCUT2D eigenvalue weighted by Gasteiger charge is -2.15. The predicted molar refractivity (Wildman–Crippen MR) is 103 cm³/mol. The molecule has 0 saturated carbocycles. The van der Waals surface area contributed by atoms with Crippen LogP contribution in [0.5, 0.6) is 0 Å². The van der Waals surface area contributed by atoms with Crippen LogP contribution in [0.3, 0.4) is 0 Å². The largest absolute Gasteiger partial charge is 0.328 e. The minimum atomic E-state index is -0.301. The Morgan fingerprint density at radius 1 is 1.26 bits per heavy atom. The van der Waals surface area contributed by atoms with Crippen LogP contribution in [-0.2, 0) is 6.54 Å². The van der Waals surface area contributed by atoms with Gasteiger partial charge < -0.3 is 10.6 Å². The summed E-state index contributed by atoms with van der Waals surface area (Å²) in [4.78, 5) is 25.2. The molecule has 0 radical (unpaired) electrons. The molecule has 1 atom stereocenters. The van der Waals surface area contributed by atoms with Gasteiger partial charge in [0.15, 0.2) is 0 Å². The van der Waals surface area contributed by atoms with Crippen LogP contribution >= 0.6 is 0 Å². The summed E-state index contributed by atoms with van der Waals surface area (Å²) in [6.07, 6.45) is 4.18. The Kier molecular flexibility index (Phi) is 5.75. The first-order chi connectivity index (χ1) is 13.1. The number of aryl methyl sites for hydroxylation is 2. The van der Waals surface area contributed by atoms with E-state index in [9.17, 15) is 4.79 Å². The fourth-order valence-corrected chi connectivity index (χ4v) is 2.79. The molecule has 1 aromatic carbocycles. The highest BCUT2D eigenvalue weighted by atomic mass is 16.2. The van der Waals surface area contributed by atoms with E-state index in [1.165, 1.54) is 6.33 Å². The Hall–Kier alpha value is -3.29. The van der Waals surface area contributed by atoms with Gasteiger partial charge in [-0.2, -0.15) is 5.10 Å². The number of amides is 2. The van der Waals surface area contributed by atoms with Crippen LogP contribution in [0.25, 0.3) is 11.3 Å². The molecule has 8 nitrogen and oxygen atoms in total. The average molecular weight is 365 g/mol. The van der Waals surface area contributed by atoms with Crippen molar-refractivity contribution in [3.63, 3.8) is 0 Å². The molecule has 0 bridgehead atoms. The SMILES string of the molecule is CCCn1ncnc1[C@H](C)NC(=O)Nc1cccc(-c2ccnc(C)n2)c1. The zero-order valence-electron chi connectivity index (χ0n) is 15.7. The lowest BCUT2D eigenvalue weighted by atomic mass is 10.1. The summed E-state index contributed by atoms with van der Waals surface area (Å²) in [7, 11) is 0. The van der Waals surface area contributed by atoms with Gasteiger partial charge in [0.2, 0.25) is 0 Å². The van der Waals surface area contributed by atoms with Crippen molar-refractivity contribution in [2.75, 3.05) is 5.32 Å². The molecule has 0 saturated heterocycles. The molecule has 0 fully saturated rings. The number of nitrogens with zero attached hydrogens (tertiary/aromatic N) is 5. The standard InChI is InChI=1S/C19H23N7O/c1-4-10-26-18(21-12-22-26)13(2)23-19(27)25-16-7-5-6-15(11-16)17-8-9-20-14(3)24-17/h5-9,11-13H,4,10H2,1-3H3,(H2,23,25,27)/t13-/m0/s1. The summed E-state index contributed by atoms with van der Waals surface area (Å²) >= 11 is 0. The van der Waals surface area contributed by atoms with Gasteiger partial charge in [0.1, 0.15) is 18.0 Å². The second kappa shape index (κ2) is 8.39. The highest BCUT2D eigenvalue weighted by Gasteiger charge is 2.15. The average Bonchev–Trinajstić information content (AvgIpc) is 3.10. The Labute approximate surface area is 158 Å². The van der Waals surface area contributed by atoms with Gasteiger partial charge >= 0.3 is 6.03 Å². The minimum absolute atomic E-state index is 0.258. The smallest absolute Gasteiger partial charge is 0.319 e. The van der Waals surface area contributed by atoms with Crippen molar-refractivity contribution in [1.82, 2.24) is 30.0 Å². The molecule has 3 aromatic rings. The number of carbonyl (C=O) groups is 1. The summed E-state index contributed by atoms with van der Waals surface area (Å²) in [5, 5.41) is 9.95. The van der Waals surface area contributed by atoms with Gasteiger partial charge in [0.25, 0.3) is 0 Å². The Morgan fingerprint density at radius 3 is 2.89 bits per heavy atom. The monoisotopic (exact) mass is 365 g/mol. The number of rotatable bonds is 6. The van der Waals surface area contributed by atoms with E-state index in [2.05, 4.69) is 37.6 Å². The third-order valence-corrected chi connectivity index (χ3v) is 4.01. The second-order valence-electron chi connectivity index (χ2n) is 6.23. The van der Waals surface area contributed by atoms with Crippen LogP contribution in [0.2, 0.25) is 0 Å². The Morgan fingerprint density at radius 2 is 2.11 bits per heavy atom. The van der Waals surface area contributed by atoms with Crippen LogP contribution in [0.15, 0.2) is 42.9 Å². The van der Waals surface area contributed by atoms with Crippen molar-refractivity contribution >= 4 is 11.7 Å². The van der Waals surface area contributed by atoms with Gasteiger partial charge in [-0.1, -0.05) is 19.1 Å². The predicted octanol–water partition coefficient (Wildman–Crippen LogP) is 3.34. The maximum absolute atomic E-state index is 12.4. The molecule has 8 heteroatoms. The number of urea groups is 1. The molecule has 0 aliphatic rings. The molecule has 2 aromatic heterocycles. The van der Waals surface area contributed by atoms with Crippen molar-refractivity contribution in [2.24, 2.45) is 0 Å². The van der Waals surface area contributed by atoms with E-state index in [1.54, 1.807) is 6.20 Å². The third-order valence-electron chi connectivity index (χ3n) is 4.01. The van der Waals surface area contributed by atoms with E-state index >= 15 is 0 Å². The maximum atomic E-state index is 12.4. The number of hydrogen-bond acceptors (Lipinski definition) is 5. The summed E-state index contributed by atoms with van der Waals surface area (Å²) in [6.45, 7) is 6.57. The third kappa shape index (κ3) is 4.66. The van der Waals surface area contributed by atoms with Gasteiger partial charge in [-0.15, -0.1) is 0 Å². The Bertz CT molecular complexity index is 922. The van der Waals surface area contributed by atoms with E-state index in [0.29, 0.717) is 11.5 Å². The molecule has 3 rings (SSSR count). The van der Waals surface area contributed by atoms with Gasteiger partial charge in [0.05, 0.1) is 11.7 Å². The summed E-state index contributed by atoms with van der Waals surface area (Å²) in [5.74, 6) is 1.44. The molecule has 2 heterocycles. The first kappa shape index (κ1) is 18.5. The molecule has 140 valence electrons. The number of benzene rings is 1. The van der Waals surface area contributed by atoms with Gasteiger partial charge in [-0.05, 0) is 38.5 Å². The van der Waals surface area contributed by atoms with Crippen LogP contribution in [0.4, 0.5) is 10.5 Å². The molecular formula is C19H23N7O. The second-order valence-corrected chi connectivity index (χ2v) is 6.23. The highest BCUT2D eigenvalue weighted by molar-refractivity contribution is 5.90. The van der Waals surface area contributed by atoms with E-state index in [4.69, 9.17) is 0 Å². The van der Waals surface area contributed by atoms with Gasteiger partial charge in [0, 0.05) is 24.0 Å². The topological polar surface area (TPSA) is 97.6 Å². The minimum Gasteiger partial charge on any atom is -0.328 e. The number of nitrogens with one attached hydrogen (secondary N) is 2. The lowest BCUT2D eigenvalue weighted by Crippen LogP contribution is -2.32. The molecule has 0 spiro atoms. The lowest BCUT2D eigenvalue weighted by molar-refractivity contribution is 0.248. The first-order valence-electron chi connectivity index (χ1n) is 8.92. The molecule has 2 amide bonds. The van der Waals surface area contributed by atoms with Crippen LogP contribution < -0.4 is 10.6 Å². The van der Waals surface area contributed by atoms with Crippen molar-refractivity contribution in [3.05, 3.63) is 54.5 Å². The van der Waals surface area contributed by atoms with Crippen LogP contribution in [-0.4, -0.2) is 30.8 Å². The first-order valence-corrected chi connectivity index (χ1v) is 8.92. The van der Waals surface area contributed by atoms with E-state index < -0.39 is 0 Å². The molecule has 0 aliphatic heterocycles. The number of carbonyl (C=O) groups excluding carboxylic acids is 1. The Balaban J connectivity index is 1.67. The number of aromatic nitrogens is 5.